The summed E-state index contributed by atoms with van der Waals surface area (Å²) >= 11 is 5.92. The Labute approximate surface area is 143 Å². The first-order valence-corrected chi connectivity index (χ1v) is 7.23. The van der Waals surface area contributed by atoms with Gasteiger partial charge in [-0.15, -0.1) is 5.10 Å². The first kappa shape index (κ1) is 17.0. The summed E-state index contributed by atoms with van der Waals surface area (Å²) in [6.45, 7) is 0. The van der Waals surface area contributed by atoms with Crippen molar-refractivity contribution in [3.63, 3.8) is 0 Å². The minimum atomic E-state index is -4.68. The fraction of sp³-hybridized carbons (Fsp3) is 0.143. The normalized spacial score (nSPS) is 11.6. The Morgan fingerprint density at radius 1 is 1.32 bits per heavy atom. The lowest BCUT2D eigenvalue weighted by atomic mass is 10.1. The number of rotatable bonds is 3. The molecular weight excluding hydrogens is 361 g/mol. The quantitative estimate of drug-likeness (QED) is 0.741. The zero-order chi connectivity index (χ0) is 18.2. The molecular formula is C14H10ClF3N6O. The summed E-state index contributed by atoms with van der Waals surface area (Å²) in [7, 11) is 1.53. The Kier molecular flexibility index (Phi) is 4.21. The molecule has 0 radical (unpaired) electrons. The number of aromatic nitrogens is 5. The van der Waals surface area contributed by atoms with Crippen molar-refractivity contribution in [2.24, 2.45) is 7.05 Å². The molecule has 0 aliphatic heterocycles. The van der Waals surface area contributed by atoms with Gasteiger partial charge >= 0.3 is 6.18 Å². The highest BCUT2D eigenvalue weighted by molar-refractivity contribution is 6.30. The van der Waals surface area contributed by atoms with Crippen molar-refractivity contribution in [2.45, 2.75) is 6.18 Å². The van der Waals surface area contributed by atoms with Crippen LogP contribution in [0.25, 0.3) is 11.3 Å². The summed E-state index contributed by atoms with van der Waals surface area (Å²) < 4.78 is 38.7. The molecule has 0 aliphatic rings. The number of aryl methyl sites for hydroxylation is 1. The number of aromatic amines is 1. The number of carbonyl (C=O) groups excluding carboxylic acids is 1. The number of nitrogens with zero attached hydrogens (tertiary/aromatic N) is 4. The van der Waals surface area contributed by atoms with Gasteiger partial charge in [0, 0.05) is 17.6 Å². The molecule has 1 amide bonds. The van der Waals surface area contributed by atoms with Gasteiger partial charge in [-0.05, 0) is 18.2 Å². The Morgan fingerprint density at radius 3 is 2.72 bits per heavy atom. The average Bonchev–Trinajstić information content (AvgIpc) is 3.13. The van der Waals surface area contributed by atoms with E-state index in [0.29, 0.717) is 16.3 Å². The number of amides is 1. The largest absolute Gasteiger partial charge is 0.451 e. The van der Waals surface area contributed by atoms with Gasteiger partial charge in [0.05, 0.1) is 5.69 Å². The molecule has 0 spiro atoms. The van der Waals surface area contributed by atoms with Crippen molar-refractivity contribution in [3.8, 4) is 11.3 Å². The van der Waals surface area contributed by atoms with Crippen LogP contribution in [0.4, 0.5) is 19.1 Å². The number of halogens is 4. The van der Waals surface area contributed by atoms with E-state index in [1.54, 1.807) is 29.4 Å². The molecule has 3 rings (SSSR count). The Bertz CT molecular complexity index is 933. The monoisotopic (exact) mass is 370 g/mol. The zero-order valence-corrected chi connectivity index (χ0v) is 13.4. The highest BCUT2D eigenvalue weighted by Gasteiger charge is 2.35. The lowest BCUT2D eigenvalue weighted by molar-refractivity contribution is -0.144. The number of carbonyl (C=O) groups is 1. The van der Waals surface area contributed by atoms with Crippen molar-refractivity contribution in [1.82, 2.24) is 25.0 Å². The van der Waals surface area contributed by atoms with E-state index in [4.69, 9.17) is 11.6 Å². The number of hydrogen-bond donors (Lipinski definition) is 2. The Hall–Kier alpha value is -2.88. The number of hydrogen-bond acceptors (Lipinski definition) is 4. The minimum Gasteiger partial charge on any atom is -0.288 e. The summed E-state index contributed by atoms with van der Waals surface area (Å²) in [4.78, 5) is 15.4. The molecule has 0 bridgehead atoms. The van der Waals surface area contributed by atoms with Crippen LogP contribution in [0.3, 0.4) is 0 Å². The van der Waals surface area contributed by atoms with E-state index in [1.807, 2.05) is 0 Å². The van der Waals surface area contributed by atoms with E-state index < -0.39 is 23.9 Å². The van der Waals surface area contributed by atoms with Crippen LogP contribution >= 0.6 is 11.6 Å². The van der Waals surface area contributed by atoms with E-state index in [2.05, 4.69) is 20.5 Å². The summed E-state index contributed by atoms with van der Waals surface area (Å²) in [5.41, 5.74) is 1.30. The molecule has 2 N–H and O–H groups in total. The van der Waals surface area contributed by atoms with Crippen LogP contribution in [0.15, 0.2) is 30.3 Å². The van der Waals surface area contributed by atoms with Crippen molar-refractivity contribution < 1.29 is 18.0 Å². The van der Waals surface area contributed by atoms with Gasteiger partial charge in [0.1, 0.15) is 5.69 Å². The van der Waals surface area contributed by atoms with Gasteiger partial charge in [0.2, 0.25) is 11.8 Å². The molecule has 2 aromatic heterocycles. The molecule has 0 saturated carbocycles. The molecule has 7 nitrogen and oxygen atoms in total. The molecule has 25 heavy (non-hydrogen) atoms. The molecule has 0 fully saturated rings. The lowest BCUT2D eigenvalue weighted by Gasteiger charge is -2.01. The summed E-state index contributed by atoms with van der Waals surface area (Å²) in [6.07, 6.45) is -4.68. The fourth-order valence-electron chi connectivity index (χ4n) is 2.08. The molecule has 11 heteroatoms. The summed E-state index contributed by atoms with van der Waals surface area (Å²) in [5.74, 6) is -2.48. The van der Waals surface area contributed by atoms with Gasteiger partial charge in [-0.3, -0.25) is 19.9 Å². The summed E-state index contributed by atoms with van der Waals surface area (Å²) in [5, 5.41) is 11.9. The maximum atomic E-state index is 12.5. The number of benzene rings is 1. The third kappa shape index (κ3) is 3.63. The van der Waals surface area contributed by atoms with Crippen molar-refractivity contribution in [3.05, 3.63) is 46.9 Å². The number of alkyl halides is 3. The van der Waals surface area contributed by atoms with Crippen LogP contribution < -0.4 is 5.32 Å². The van der Waals surface area contributed by atoms with Crippen molar-refractivity contribution >= 4 is 23.5 Å². The van der Waals surface area contributed by atoms with Crippen molar-refractivity contribution in [2.75, 3.05) is 5.32 Å². The molecule has 0 unspecified atom stereocenters. The Morgan fingerprint density at radius 2 is 2.08 bits per heavy atom. The summed E-state index contributed by atoms with van der Waals surface area (Å²) in [6, 6.07) is 8.36. The SMILES string of the molecule is Cn1nc(-c2cccc(Cl)c2)cc1C(=O)Nc1n[nH]c(C(F)(F)F)n1. The van der Waals surface area contributed by atoms with Gasteiger partial charge in [-0.25, -0.2) is 0 Å². The maximum Gasteiger partial charge on any atom is 0.451 e. The first-order valence-electron chi connectivity index (χ1n) is 6.85. The lowest BCUT2D eigenvalue weighted by Crippen LogP contribution is -2.17. The second-order valence-electron chi connectivity index (χ2n) is 5.01. The number of nitrogens with one attached hydrogen (secondary N) is 2. The molecule has 1 aromatic carbocycles. The van der Waals surface area contributed by atoms with Crippen LogP contribution in [0, 0.1) is 0 Å². The first-order chi connectivity index (χ1) is 11.7. The van der Waals surface area contributed by atoms with Gasteiger partial charge in [0.25, 0.3) is 5.91 Å². The van der Waals surface area contributed by atoms with Gasteiger partial charge in [-0.1, -0.05) is 23.7 Å². The molecule has 0 atom stereocenters. The standard InChI is InChI=1S/C14H10ClF3N6O/c1-24-10(6-9(23-24)7-3-2-4-8(15)5-7)11(25)19-13-20-12(21-22-13)14(16,17)18/h2-6H,1H3,(H2,19,20,21,22,25). The number of H-pyrrole nitrogens is 1. The van der Waals surface area contributed by atoms with Crippen LogP contribution in [-0.4, -0.2) is 30.9 Å². The second-order valence-corrected chi connectivity index (χ2v) is 5.44. The maximum absolute atomic E-state index is 12.5. The third-order valence-electron chi connectivity index (χ3n) is 3.21. The molecule has 0 saturated heterocycles. The van der Waals surface area contributed by atoms with Crippen LogP contribution in [0.5, 0.6) is 0 Å². The van der Waals surface area contributed by atoms with Crippen LogP contribution in [0.1, 0.15) is 16.3 Å². The highest BCUT2D eigenvalue weighted by atomic mass is 35.5. The van der Waals surface area contributed by atoms with E-state index in [0.717, 1.165) is 0 Å². The van der Waals surface area contributed by atoms with Gasteiger partial charge in [0.15, 0.2) is 0 Å². The molecule has 130 valence electrons. The van der Waals surface area contributed by atoms with Gasteiger partial charge in [-0.2, -0.15) is 23.3 Å². The molecule has 0 aliphatic carbocycles. The highest BCUT2D eigenvalue weighted by Crippen LogP contribution is 2.26. The zero-order valence-electron chi connectivity index (χ0n) is 12.6. The van der Waals surface area contributed by atoms with E-state index in [1.165, 1.54) is 17.8 Å². The van der Waals surface area contributed by atoms with Crippen LogP contribution in [-0.2, 0) is 13.2 Å². The van der Waals surface area contributed by atoms with Gasteiger partial charge < -0.3 is 0 Å². The predicted octanol–water partition coefficient (Wildman–Crippen LogP) is 3.13. The minimum absolute atomic E-state index is 0.119. The smallest absolute Gasteiger partial charge is 0.288 e. The van der Waals surface area contributed by atoms with Crippen molar-refractivity contribution in [1.29, 1.82) is 0 Å². The van der Waals surface area contributed by atoms with E-state index in [9.17, 15) is 18.0 Å². The second kappa shape index (κ2) is 6.20. The third-order valence-corrected chi connectivity index (χ3v) is 3.45. The van der Waals surface area contributed by atoms with E-state index in [-0.39, 0.29) is 5.69 Å². The predicted molar refractivity (Wildman–Crippen MR) is 83.0 cm³/mol. The Balaban J connectivity index is 1.82. The molecule has 3 aromatic rings. The fourth-order valence-corrected chi connectivity index (χ4v) is 2.27. The molecule has 2 heterocycles. The average molecular weight is 371 g/mol. The topological polar surface area (TPSA) is 88.5 Å². The van der Waals surface area contributed by atoms with E-state index >= 15 is 0 Å². The number of anilines is 1. The van der Waals surface area contributed by atoms with Crippen LogP contribution in [0.2, 0.25) is 5.02 Å².